The molecular formula is C14H16N2O2. The molecule has 94 valence electrons. The summed E-state index contributed by atoms with van der Waals surface area (Å²) in [6, 6.07) is 7.71. The number of rotatable bonds is 3. The van der Waals surface area contributed by atoms with Crippen LogP contribution in [0, 0.1) is 23.7 Å². The van der Waals surface area contributed by atoms with Crippen molar-refractivity contribution in [1.29, 1.82) is 5.26 Å². The van der Waals surface area contributed by atoms with E-state index in [1.807, 2.05) is 25.1 Å². The standard InChI is InChI=1S/C14H16N2O2/c1-10-4-5-12(18-2)11(8-10)16-13(17)14(9-15)6-3-7-14/h4-5,8H,3,6-7H2,1-2H3,(H,16,17). The van der Waals surface area contributed by atoms with Gasteiger partial charge in [0.1, 0.15) is 11.2 Å². The maximum Gasteiger partial charge on any atom is 0.244 e. The molecule has 0 aliphatic heterocycles. The summed E-state index contributed by atoms with van der Waals surface area (Å²) in [5.41, 5.74) is 0.823. The van der Waals surface area contributed by atoms with E-state index in [2.05, 4.69) is 11.4 Å². The van der Waals surface area contributed by atoms with Gasteiger partial charge in [0.15, 0.2) is 0 Å². The smallest absolute Gasteiger partial charge is 0.244 e. The fourth-order valence-corrected chi connectivity index (χ4v) is 2.08. The van der Waals surface area contributed by atoms with Gasteiger partial charge in [-0.15, -0.1) is 0 Å². The first-order valence-electron chi connectivity index (χ1n) is 5.99. The number of nitrogens with one attached hydrogen (secondary N) is 1. The van der Waals surface area contributed by atoms with E-state index in [1.54, 1.807) is 7.11 Å². The van der Waals surface area contributed by atoms with Crippen LogP contribution in [0.4, 0.5) is 5.69 Å². The zero-order valence-electron chi connectivity index (χ0n) is 10.6. The molecule has 1 aromatic rings. The zero-order chi connectivity index (χ0) is 13.2. The molecule has 1 saturated carbocycles. The average Bonchev–Trinajstić information content (AvgIpc) is 2.28. The summed E-state index contributed by atoms with van der Waals surface area (Å²) in [6.45, 7) is 1.94. The third-order valence-electron chi connectivity index (χ3n) is 3.46. The number of aryl methyl sites for hydroxylation is 1. The van der Waals surface area contributed by atoms with Crippen LogP contribution in [0.2, 0.25) is 0 Å². The van der Waals surface area contributed by atoms with Crippen LogP contribution in [0.3, 0.4) is 0 Å². The molecule has 1 N–H and O–H groups in total. The molecule has 4 heteroatoms. The van der Waals surface area contributed by atoms with Crippen LogP contribution in [0.1, 0.15) is 24.8 Å². The Bertz CT molecular complexity index is 513. The molecule has 0 aromatic heterocycles. The second kappa shape index (κ2) is 4.69. The first kappa shape index (κ1) is 12.4. The number of methoxy groups -OCH3 is 1. The van der Waals surface area contributed by atoms with E-state index in [0.717, 1.165) is 12.0 Å². The van der Waals surface area contributed by atoms with E-state index in [1.165, 1.54) is 0 Å². The van der Waals surface area contributed by atoms with Gasteiger partial charge in [-0.1, -0.05) is 6.07 Å². The minimum Gasteiger partial charge on any atom is -0.495 e. The van der Waals surface area contributed by atoms with Crippen LogP contribution in [0.5, 0.6) is 5.75 Å². The largest absolute Gasteiger partial charge is 0.495 e. The Kier molecular flexibility index (Phi) is 3.24. The van der Waals surface area contributed by atoms with Crippen LogP contribution in [-0.4, -0.2) is 13.0 Å². The number of carbonyl (C=O) groups excluding carboxylic acids is 1. The fourth-order valence-electron chi connectivity index (χ4n) is 2.08. The fraction of sp³-hybridized carbons (Fsp3) is 0.429. The number of nitriles is 1. The molecule has 1 aliphatic carbocycles. The normalized spacial score (nSPS) is 16.3. The number of amides is 1. The van der Waals surface area contributed by atoms with Gasteiger partial charge in [0, 0.05) is 0 Å². The van der Waals surface area contributed by atoms with E-state index in [0.29, 0.717) is 24.3 Å². The Morgan fingerprint density at radius 1 is 1.50 bits per heavy atom. The van der Waals surface area contributed by atoms with Crippen molar-refractivity contribution < 1.29 is 9.53 Å². The molecule has 4 nitrogen and oxygen atoms in total. The third-order valence-corrected chi connectivity index (χ3v) is 3.46. The van der Waals surface area contributed by atoms with E-state index in [-0.39, 0.29) is 5.91 Å². The van der Waals surface area contributed by atoms with Crippen LogP contribution in [0.15, 0.2) is 18.2 Å². The summed E-state index contributed by atoms with van der Waals surface area (Å²) in [4.78, 5) is 12.1. The molecule has 0 bridgehead atoms. The summed E-state index contributed by atoms with van der Waals surface area (Å²) in [7, 11) is 1.56. The predicted molar refractivity (Wildman–Crippen MR) is 68.3 cm³/mol. The number of nitrogens with zero attached hydrogens (tertiary/aromatic N) is 1. The molecule has 2 rings (SSSR count). The van der Waals surface area contributed by atoms with Gasteiger partial charge in [0.05, 0.1) is 18.9 Å². The van der Waals surface area contributed by atoms with Crippen molar-refractivity contribution in [3.63, 3.8) is 0 Å². The van der Waals surface area contributed by atoms with Crippen molar-refractivity contribution in [2.45, 2.75) is 26.2 Å². The number of benzene rings is 1. The maximum absolute atomic E-state index is 12.1. The van der Waals surface area contributed by atoms with Gasteiger partial charge in [-0.3, -0.25) is 4.79 Å². The molecule has 1 aromatic carbocycles. The minimum absolute atomic E-state index is 0.222. The summed E-state index contributed by atoms with van der Waals surface area (Å²) < 4.78 is 5.20. The summed E-state index contributed by atoms with van der Waals surface area (Å²) >= 11 is 0. The summed E-state index contributed by atoms with van der Waals surface area (Å²) in [5, 5.41) is 11.9. The third kappa shape index (κ3) is 2.04. The lowest BCUT2D eigenvalue weighted by molar-refractivity contribution is -0.126. The monoisotopic (exact) mass is 244 g/mol. The SMILES string of the molecule is COc1ccc(C)cc1NC(=O)C1(C#N)CCC1. The summed E-state index contributed by atoms with van der Waals surface area (Å²) in [5.74, 6) is 0.390. The first-order chi connectivity index (χ1) is 8.61. The Hall–Kier alpha value is -2.02. The molecular weight excluding hydrogens is 228 g/mol. The molecule has 0 atom stereocenters. The van der Waals surface area contributed by atoms with Crippen LogP contribution in [0.25, 0.3) is 0 Å². The average molecular weight is 244 g/mol. The van der Waals surface area contributed by atoms with Gasteiger partial charge in [0.25, 0.3) is 0 Å². The van der Waals surface area contributed by atoms with Crippen molar-refractivity contribution in [2.75, 3.05) is 12.4 Å². The highest BCUT2D eigenvalue weighted by atomic mass is 16.5. The Labute approximate surface area is 107 Å². The minimum atomic E-state index is -0.839. The van der Waals surface area contributed by atoms with E-state index in [9.17, 15) is 4.79 Å². The van der Waals surface area contributed by atoms with Gasteiger partial charge < -0.3 is 10.1 Å². The van der Waals surface area contributed by atoms with Crippen molar-refractivity contribution in [3.05, 3.63) is 23.8 Å². The number of carbonyl (C=O) groups is 1. The second-order valence-corrected chi connectivity index (χ2v) is 4.71. The van der Waals surface area contributed by atoms with Gasteiger partial charge >= 0.3 is 0 Å². The van der Waals surface area contributed by atoms with Crippen molar-refractivity contribution in [2.24, 2.45) is 5.41 Å². The number of hydrogen-bond donors (Lipinski definition) is 1. The highest BCUT2D eigenvalue weighted by molar-refractivity contribution is 5.99. The zero-order valence-corrected chi connectivity index (χ0v) is 10.6. The Morgan fingerprint density at radius 2 is 2.22 bits per heavy atom. The number of hydrogen-bond acceptors (Lipinski definition) is 3. The lowest BCUT2D eigenvalue weighted by Crippen LogP contribution is -2.40. The number of ether oxygens (including phenoxy) is 1. The predicted octanol–water partition coefficient (Wildman–Crippen LogP) is 2.64. The van der Waals surface area contributed by atoms with E-state index >= 15 is 0 Å². The molecule has 1 amide bonds. The van der Waals surface area contributed by atoms with E-state index < -0.39 is 5.41 Å². The molecule has 0 radical (unpaired) electrons. The quantitative estimate of drug-likeness (QED) is 0.889. The molecule has 1 fully saturated rings. The molecule has 0 spiro atoms. The second-order valence-electron chi connectivity index (χ2n) is 4.71. The highest BCUT2D eigenvalue weighted by Gasteiger charge is 2.44. The summed E-state index contributed by atoms with van der Waals surface area (Å²) in [6.07, 6.45) is 2.22. The Balaban J connectivity index is 2.21. The van der Waals surface area contributed by atoms with Crippen LogP contribution < -0.4 is 10.1 Å². The highest BCUT2D eigenvalue weighted by Crippen LogP contribution is 2.41. The molecule has 1 aliphatic rings. The van der Waals surface area contributed by atoms with Crippen LogP contribution >= 0.6 is 0 Å². The van der Waals surface area contributed by atoms with Gasteiger partial charge in [-0.2, -0.15) is 5.26 Å². The molecule has 0 unspecified atom stereocenters. The van der Waals surface area contributed by atoms with Crippen LogP contribution in [-0.2, 0) is 4.79 Å². The van der Waals surface area contributed by atoms with E-state index in [4.69, 9.17) is 10.00 Å². The molecule has 0 heterocycles. The molecule has 0 saturated heterocycles. The Morgan fingerprint density at radius 3 is 2.72 bits per heavy atom. The lowest BCUT2D eigenvalue weighted by atomic mass is 9.69. The van der Waals surface area contributed by atoms with Crippen molar-refractivity contribution in [1.82, 2.24) is 0 Å². The van der Waals surface area contributed by atoms with Crippen molar-refractivity contribution in [3.8, 4) is 11.8 Å². The lowest BCUT2D eigenvalue weighted by Gasteiger charge is -2.33. The topological polar surface area (TPSA) is 62.1 Å². The molecule has 18 heavy (non-hydrogen) atoms. The van der Waals surface area contributed by atoms with Gasteiger partial charge in [0.2, 0.25) is 5.91 Å². The number of anilines is 1. The van der Waals surface area contributed by atoms with Crippen molar-refractivity contribution >= 4 is 11.6 Å². The van der Waals surface area contributed by atoms with Gasteiger partial charge in [-0.05, 0) is 43.9 Å². The maximum atomic E-state index is 12.1. The first-order valence-corrected chi connectivity index (χ1v) is 5.99. The van der Waals surface area contributed by atoms with Gasteiger partial charge in [-0.25, -0.2) is 0 Å².